The molecular weight excluding hydrogens is 290 g/mol. The van der Waals surface area contributed by atoms with Crippen molar-refractivity contribution in [1.82, 2.24) is 9.97 Å². The van der Waals surface area contributed by atoms with Crippen molar-refractivity contribution in [3.63, 3.8) is 0 Å². The molecule has 0 unspecified atom stereocenters. The summed E-state index contributed by atoms with van der Waals surface area (Å²) < 4.78 is 31.3. The average molecular weight is 295 g/mol. The summed E-state index contributed by atoms with van der Waals surface area (Å²) in [5.41, 5.74) is -0.559. The lowest BCUT2D eigenvalue weighted by molar-refractivity contribution is 0.502. The summed E-state index contributed by atoms with van der Waals surface area (Å²) in [6, 6.07) is 4.71. The molecule has 0 saturated carbocycles. The van der Waals surface area contributed by atoms with E-state index in [-0.39, 0.29) is 27.5 Å². The lowest BCUT2D eigenvalue weighted by Crippen LogP contribution is -2.04. The number of aromatic nitrogens is 2. The van der Waals surface area contributed by atoms with E-state index in [0.717, 1.165) is 12.1 Å². The van der Waals surface area contributed by atoms with Crippen molar-refractivity contribution in [1.29, 1.82) is 0 Å². The zero-order chi connectivity index (χ0) is 14.3. The minimum Gasteiger partial charge on any atom is -0.403 e. The molecule has 4 nitrogen and oxygen atoms in total. The fourth-order valence-electron chi connectivity index (χ4n) is 1.73. The molecule has 0 radical (unpaired) electrons. The Hall–Kier alpha value is -2.34. The quantitative estimate of drug-likeness (QED) is 0.647. The Bertz CT molecular complexity index is 880. The summed E-state index contributed by atoms with van der Waals surface area (Å²) in [7, 11) is 0. The van der Waals surface area contributed by atoms with Gasteiger partial charge in [0.1, 0.15) is 5.15 Å². The van der Waals surface area contributed by atoms with Gasteiger partial charge in [-0.3, -0.25) is 0 Å². The average Bonchev–Trinajstić information content (AvgIpc) is 2.41. The van der Waals surface area contributed by atoms with Gasteiger partial charge in [0, 0.05) is 12.3 Å². The highest BCUT2D eigenvalue weighted by Crippen LogP contribution is 2.25. The molecule has 0 aliphatic rings. The van der Waals surface area contributed by atoms with E-state index in [1.807, 2.05) is 0 Å². The van der Waals surface area contributed by atoms with Crippen LogP contribution in [0.1, 0.15) is 0 Å². The molecular formula is C13H5ClF2N2O2. The van der Waals surface area contributed by atoms with Gasteiger partial charge >= 0.3 is 5.63 Å². The Morgan fingerprint density at radius 2 is 1.95 bits per heavy atom. The molecule has 1 aromatic carbocycles. The summed E-state index contributed by atoms with van der Waals surface area (Å²) in [6.07, 6.45) is 1.46. The van der Waals surface area contributed by atoms with E-state index >= 15 is 0 Å². The number of nitrogens with zero attached hydrogens (tertiary/aromatic N) is 2. The molecule has 0 N–H and O–H groups in total. The largest absolute Gasteiger partial charge is 0.403 e. The molecule has 7 heteroatoms. The second kappa shape index (κ2) is 4.64. The highest BCUT2D eigenvalue weighted by molar-refractivity contribution is 6.31. The third-order valence-corrected chi connectivity index (χ3v) is 2.96. The van der Waals surface area contributed by atoms with Gasteiger partial charge in [0.2, 0.25) is 5.89 Å². The van der Waals surface area contributed by atoms with Crippen LogP contribution in [0.15, 0.2) is 39.7 Å². The van der Waals surface area contributed by atoms with Crippen LogP contribution in [0.5, 0.6) is 0 Å². The molecule has 0 fully saturated rings. The fraction of sp³-hybridized carbons (Fsp3) is 0. The molecule has 0 bridgehead atoms. The molecule has 20 heavy (non-hydrogen) atoms. The van der Waals surface area contributed by atoms with Crippen molar-refractivity contribution < 1.29 is 13.2 Å². The topological polar surface area (TPSA) is 56.0 Å². The number of hydrogen-bond donors (Lipinski definition) is 0. The minimum absolute atomic E-state index is 0.0185. The van der Waals surface area contributed by atoms with Crippen molar-refractivity contribution >= 4 is 22.5 Å². The summed E-state index contributed by atoms with van der Waals surface area (Å²) in [6.45, 7) is 0. The summed E-state index contributed by atoms with van der Waals surface area (Å²) in [4.78, 5) is 19.6. The predicted molar refractivity (Wildman–Crippen MR) is 68.4 cm³/mol. The van der Waals surface area contributed by atoms with E-state index in [2.05, 4.69) is 9.97 Å². The Morgan fingerprint density at radius 3 is 2.70 bits per heavy atom. The molecule has 2 aromatic heterocycles. The lowest BCUT2D eigenvalue weighted by Gasteiger charge is -2.03. The summed E-state index contributed by atoms with van der Waals surface area (Å²) in [5.74, 6) is -2.34. The monoisotopic (exact) mass is 294 g/mol. The Balaban J connectivity index is 2.33. The maximum absolute atomic E-state index is 13.2. The highest BCUT2D eigenvalue weighted by Gasteiger charge is 2.14. The number of fused-ring (bicyclic) bond motifs is 1. The molecule has 3 aromatic rings. The van der Waals surface area contributed by atoms with Crippen molar-refractivity contribution in [2.75, 3.05) is 0 Å². The van der Waals surface area contributed by atoms with Crippen LogP contribution in [0.4, 0.5) is 8.78 Å². The van der Waals surface area contributed by atoms with Gasteiger partial charge in [-0.2, -0.15) is 0 Å². The first-order valence-corrected chi connectivity index (χ1v) is 5.85. The fourth-order valence-corrected chi connectivity index (χ4v) is 1.93. The van der Waals surface area contributed by atoms with Crippen LogP contribution < -0.4 is 5.63 Å². The molecule has 0 amide bonds. The lowest BCUT2D eigenvalue weighted by atomic mass is 10.2. The van der Waals surface area contributed by atoms with E-state index < -0.39 is 17.3 Å². The van der Waals surface area contributed by atoms with Crippen molar-refractivity contribution in [3.8, 4) is 11.5 Å². The third-order valence-electron chi connectivity index (χ3n) is 2.66. The first-order chi connectivity index (χ1) is 9.56. The molecule has 0 aliphatic heterocycles. The van der Waals surface area contributed by atoms with E-state index in [1.165, 1.54) is 6.20 Å². The van der Waals surface area contributed by atoms with Crippen LogP contribution >= 0.6 is 11.6 Å². The van der Waals surface area contributed by atoms with Gasteiger partial charge in [0.05, 0.1) is 16.5 Å². The zero-order valence-corrected chi connectivity index (χ0v) is 10.5. The maximum atomic E-state index is 13.2. The molecule has 100 valence electrons. The Labute approximate surface area is 115 Å². The first-order valence-electron chi connectivity index (χ1n) is 5.47. The van der Waals surface area contributed by atoms with Gasteiger partial charge in [0.15, 0.2) is 11.6 Å². The third kappa shape index (κ3) is 2.04. The molecule has 0 saturated heterocycles. The Morgan fingerprint density at radius 1 is 1.20 bits per heavy atom. The normalized spacial score (nSPS) is 10.9. The molecule has 0 aliphatic carbocycles. The standard InChI is InChI=1S/C13H5ClF2N2O2/c14-11-6(2-1-3-17-11)12-18-10-5-9(16)8(15)4-7(10)13(19)20-12/h1-5H. The number of rotatable bonds is 1. The second-order valence-electron chi connectivity index (χ2n) is 3.93. The second-order valence-corrected chi connectivity index (χ2v) is 4.29. The Kier molecular flexibility index (Phi) is 2.94. The van der Waals surface area contributed by atoms with Gasteiger partial charge in [-0.25, -0.2) is 23.5 Å². The maximum Gasteiger partial charge on any atom is 0.347 e. The van der Waals surface area contributed by atoms with Gasteiger partial charge in [0.25, 0.3) is 0 Å². The number of hydrogen-bond acceptors (Lipinski definition) is 4. The van der Waals surface area contributed by atoms with Crippen LogP contribution in [0.25, 0.3) is 22.4 Å². The van der Waals surface area contributed by atoms with E-state index in [0.29, 0.717) is 0 Å². The summed E-state index contributed by atoms with van der Waals surface area (Å²) >= 11 is 5.87. The molecule has 0 spiro atoms. The van der Waals surface area contributed by atoms with E-state index in [9.17, 15) is 13.6 Å². The van der Waals surface area contributed by atoms with Gasteiger partial charge in [-0.1, -0.05) is 11.6 Å². The predicted octanol–water partition coefficient (Wildman–Crippen LogP) is 3.18. The number of benzene rings is 1. The zero-order valence-electron chi connectivity index (χ0n) is 9.73. The van der Waals surface area contributed by atoms with E-state index in [1.54, 1.807) is 12.1 Å². The van der Waals surface area contributed by atoms with Crippen LogP contribution in [-0.2, 0) is 0 Å². The number of pyridine rings is 1. The van der Waals surface area contributed by atoms with Gasteiger partial charge in [-0.15, -0.1) is 0 Å². The van der Waals surface area contributed by atoms with Crippen LogP contribution in [0.3, 0.4) is 0 Å². The first kappa shape index (κ1) is 12.7. The van der Waals surface area contributed by atoms with Crippen LogP contribution in [0, 0.1) is 11.6 Å². The van der Waals surface area contributed by atoms with E-state index in [4.69, 9.17) is 16.0 Å². The molecule has 3 rings (SSSR count). The SMILES string of the molecule is O=c1oc(-c2cccnc2Cl)nc2cc(F)c(F)cc12. The van der Waals surface area contributed by atoms with Crippen molar-refractivity contribution in [2.24, 2.45) is 0 Å². The number of halogens is 3. The molecule has 2 heterocycles. The van der Waals surface area contributed by atoms with Gasteiger partial charge < -0.3 is 4.42 Å². The van der Waals surface area contributed by atoms with Crippen molar-refractivity contribution in [2.45, 2.75) is 0 Å². The molecule has 0 atom stereocenters. The van der Waals surface area contributed by atoms with Crippen molar-refractivity contribution in [3.05, 3.63) is 57.7 Å². The van der Waals surface area contributed by atoms with Crippen LogP contribution in [-0.4, -0.2) is 9.97 Å². The van der Waals surface area contributed by atoms with Gasteiger partial charge in [-0.05, 0) is 18.2 Å². The van der Waals surface area contributed by atoms with Crippen LogP contribution in [0.2, 0.25) is 5.15 Å². The highest BCUT2D eigenvalue weighted by atomic mass is 35.5. The minimum atomic E-state index is -1.14. The summed E-state index contributed by atoms with van der Waals surface area (Å²) in [5, 5.41) is -0.0576. The smallest absolute Gasteiger partial charge is 0.347 e.